The molecule has 2 heterocycles. The largest absolute Gasteiger partial charge is 0.318 e. The number of carbonyl (C=O) groups is 1. The van der Waals surface area contributed by atoms with Crippen LogP contribution in [0.25, 0.3) is 10.1 Å². The Hall–Kier alpha value is -1.62. The van der Waals surface area contributed by atoms with E-state index in [-0.39, 0.29) is 11.1 Å². The van der Waals surface area contributed by atoms with Gasteiger partial charge in [-0.1, -0.05) is 41.4 Å². The number of nitrogens with one attached hydrogen (secondary N) is 1. The van der Waals surface area contributed by atoms with E-state index in [9.17, 15) is 4.79 Å². The number of aromatic nitrogens is 1. The van der Waals surface area contributed by atoms with Crippen molar-refractivity contribution in [3.05, 3.63) is 57.1 Å². The molecule has 3 nitrogen and oxygen atoms in total. The fraction of sp³-hybridized carbons (Fsp3) is 0.0667. The van der Waals surface area contributed by atoms with Gasteiger partial charge in [-0.05, 0) is 36.1 Å². The number of thiophene rings is 1. The van der Waals surface area contributed by atoms with Crippen LogP contribution in [0.3, 0.4) is 0 Å². The molecule has 1 N–H and O–H groups in total. The van der Waals surface area contributed by atoms with E-state index in [1.807, 2.05) is 37.3 Å². The van der Waals surface area contributed by atoms with Gasteiger partial charge in [0.25, 0.3) is 5.91 Å². The number of fused-ring (bicyclic) bond motifs is 1. The molecule has 0 unspecified atom stereocenters. The van der Waals surface area contributed by atoms with Gasteiger partial charge in [-0.15, -0.1) is 11.3 Å². The molecule has 0 radical (unpaired) electrons. The maximum atomic E-state index is 12.4. The van der Waals surface area contributed by atoms with Gasteiger partial charge < -0.3 is 5.32 Å². The zero-order chi connectivity index (χ0) is 15.0. The SMILES string of the molecule is Cc1cc(Cl)nc(Cl)c1NC(=O)c1cc2ccccc2s1. The van der Waals surface area contributed by atoms with Crippen molar-refractivity contribution in [3.8, 4) is 0 Å². The molecular weight excluding hydrogens is 327 g/mol. The van der Waals surface area contributed by atoms with Crippen LogP contribution >= 0.6 is 34.5 Å². The van der Waals surface area contributed by atoms with Crippen molar-refractivity contribution in [1.29, 1.82) is 0 Å². The molecule has 0 saturated carbocycles. The third kappa shape index (κ3) is 2.88. The van der Waals surface area contributed by atoms with Gasteiger partial charge in [-0.25, -0.2) is 4.98 Å². The van der Waals surface area contributed by atoms with Gasteiger partial charge in [-0.2, -0.15) is 0 Å². The number of nitrogens with zero attached hydrogens (tertiary/aromatic N) is 1. The molecule has 0 aliphatic rings. The summed E-state index contributed by atoms with van der Waals surface area (Å²) in [6.07, 6.45) is 0. The Kier molecular flexibility index (Phi) is 3.85. The third-order valence-electron chi connectivity index (χ3n) is 3.03. The van der Waals surface area contributed by atoms with Crippen LogP contribution in [0.1, 0.15) is 15.2 Å². The Labute approximate surface area is 135 Å². The first kappa shape index (κ1) is 14.3. The van der Waals surface area contributed by atoms with E-state index in [1.165, 1.54) is 11.3 Å². The van der Waals surface area contributed by atoms with Crippen LogP contribution in [0.2, 0.25) is 10.3 Å². The number of carbonyl (C=O) groups excluding carboxylic acids is 1. The van der Waals surface area contributed by atoms with E-state index in [0.717, 1.165) is 15.6 Å². The maximum Gasteiger partial charge on any atom is 0.265 e. The number of hydrogen-bond acceptors (Lipinski definition) is 3. The maximum absolute atomic E-state index is 12.4. The molecule has 106 valence electrons. The topological polar surface area (TPSA) is 42.0 Å². The van der Waals surface area contributed by atoms with E-state index in [4.69, 9.17) is 23.2 Å². The second-order valence-electron chi connectivity index (χ2n) is 4.53. The monoisotopic (exact) mass is 336 g/mol. The molecular formula is C15H10Cl2N2OS. The molecule has 2 aromatic heterocycles. The van der Waals surface area contributed by atoms with Crippen LogP contribution < -0.4 is 5.32 Å². The predicted molar refractivity (Wildman–Crippen MR) is 88.8 cm³/mol. The zero-order valence-electron chi connectivity index (χ0n) is 11.0. The number of aryl methyl sites for hydroxylation is 1. The number of pyridine rings is 1. The Balaban J connectivity index is 1.93. The molecule has 0 spiro atoms. The first-order chi connectivity index (χ1) is 10.0. The van der Waals surface area contributed by atoms with Crippen LogP contribution in [0.4, 0.5) is 5.69 Å². The second-order valence-corrected chi connectivity index (χ2v) is 6.36. The van der Waals surface area contributed by atoms with Crippen LogP contribution in [0.15, 0.2) is 36.4 Å². The Morgan fingerprint density at radius 1 is 1.24 bits per heavy atom. The lowest BCUT2D eigenvalue weighted by molar-refractivity contribution is 0.103. The van der Waals surface area contributed by atoms with Gasteiger partial charge in [-0.3, -0.25) is 4.79 Å². The van der Waals surface area contributed by atoms with Gasteiger partial charge in [0.2, 0.25) is 0 Å². The lowest BCUT2D eigenvalue weighted by atomic mass is 10.2. The summed E-state index contributed by atoms with van der Waals surface area (Å²) in [7, 11) is 0. The van der Waals surface area contributed by atoms with Crippen molar-refractivity contribution in [3.63, 3.8) is 0 Å². The smallest absolute Gasteiger partial charge is 0.265 e. The summed E-state index contributed by atoms with van der Waals surface area (Å²) >= 11 is 13.3. The number of halogens is 2. The first-order valence-corrected chi connectivity index (χ1v) is 7.74. The highest BCUT2D eigenvalue weighted by Gasteiger charge is 2.14. The van der Waals surface area contributed by atoms with Crippen molar-refractivity contribution >= 4 is 56.2 Å². The van der Waals surface area contributed by atoms with Crippen molar-refractivity contribution in [1.82, 2.24) is 4.98 Å². The minimum absolute atomic E-state index is 0.189. The molecule has 0 atom stereocenters. The van der Waals surface area contributed by atoms with Crippen molar-refractivity contribution in [2.45, 2.75) is 6.92 Å². The van der Waals surface area contributed by atoms with Crippen LogP contribution in [-0.4, -0.2) is 10.9 Å². The van der Waals surface area contributed by atoms with Crippen molar-refractivity contribution in [2.75, 3.05) is 5.32 Å². The van der Waals surface area contributed by atoms with Crippen LogP contribution in [-0.2, 0) is 0 Å². The average molecular weight is 337 g/mol. The summed E-state index contributed by atoms with van der Waals surface area (Å²) in [4.78, 5) is 16.9. The highest BCUT2D eigenvalue weighted by molar-refractivity contribution is 7.20. The lowest BCUT2D eigenvalue weighted by Crippen LogP contribution is -2.12. The van der Waals surface area contributed by atoms with E-state index in [1.54, 1.807) is 6.07 Å². The summed E-state index contributed by atoms with van der Waals surface area (Å²) < 4.78 is 1.07. The summed E-state index contributed by atoms with van der Waals surface area (Å²) in [5.74, 6) is -0.203. The average Bonchev–Trinajstić information content (AvgIpc) is 2.86. The second kappa shape index (κ2) is 5.64. The lowest BCUT2D eigenvalue weighted by Gasteiger charge is -2.09. The van der Waals surface area contributed by atoms with E-state index >= 15 is 0 Å². The molecule has 0 aliphatic heterocycles. The standard InChI is InChI=1S/C15H10Cl2N2OS/c1-8-6-12(16)18-14(17)13(8)19-15(20)11-7-9-4-2-3-5-10(9)21-11/h2-7H,1H3,(H,19,20). The van der Waals surface area contributed by atoms with Gasteiger partial charge >= 0.3 is 0 Å². The summed E-state index contributed by atoms with van der Waals surface area (Å²) in [6, 6.07) is 11.4. The highest BCUT2D eigenvalue weighted by Crippen LogP contribution is 2.29. The fourth-order valence-corrected chi connectivity index (χ4v) is 3.55. The Morgan fingerprint density at radius 2 is 2.00 bits per heavy atom. The van der Waals surface area contributed by atoms with Gasteiger partial charge in [0, 0.05) is 4.70 Å². The molecule has 1 aromatic carbocycles. The molecule has 1 amide bonds. The van der Waals surface area contributed by atoms with Crippen LogP contribution in [0.5, 0.6) is 0 Å². The zero-order valence-corrected chi connectivity index (χ0v) is 13.3. The van der Waals surface area contributed by atoms with Gasteiger partial charge in [0.1, 0.15) is 5.15 Å². The number of hydrogen-bond donors (Lipinski definition) is 1. The number of amides is 1. The predicted octanol–water partition coefficient (Wildman–Crippen LogP) is 5.16. The number of anilines is 1. The van der Waals surface area contributed by atoms with Crippen LogP contribution in [0, 0.1) is 6.92 Å². The Morgan fingerprint density at radius 3 is 2.71 bits per heavy atom. The number of benzene rings is 1. The molecule has 0 aliphatic carbocycles. The molecule has 3 aromatic rings. The minimum atomic E-state index is -0.203. The fourth-order valence-electron chi connectivity index (χ4n) is 2.01. The van der Waals surface area contributed by atoms with E-state index in [2.05, 4.69) is 10.3 Å². The van der Waals surface area contributed by atoms with E-state index < -0.39 is 0 Å². The molecule has 21 heavy (non-hydrogen) atoms. The quantitative estimate of drug-likeness (QED) is 0.656. The van der Waals surface area contributed by atoms with Gasteiger partial charge in [0.05, 0.1) is 10.6 Å². The molecule has 0 saturated heterocycles. The van der Waals surface area contributed by atoms with E-state index in [0.29, 0.717) is 15.7 Å². The Bertz CT molecular complexity index is 789. The third-order valence-corrected chi connectivity index (χ3v) is 4.61. The summed E-state index contributed by atoms with van der Waals surface area (Å²) in [5, 5.41) is 4.34. The molecule has 0 fully saturated rings. The number of rotatable bonds is 2. The van der Waals surface area contributed by atoms with Gasteiger partial charge in [0.15, 0.2) is 5.15 Å². The molecule has 0 bridgehead atoms. The highest BCUT2D eigenvalue weighted by atomic mass is 35.5. The minimum Gasteiger partial charge on any atom is -0.318 e. The molecule has 3 rings (SSSR count). The summed E-state index contributed by atoms with van der Waals surface area (Å²) in [5.41, 5.74) is 1.26. The van der Waals surface area contributed by atoms with Crippen molar-refractivity contribution < 1.29 is 4.79 Å². The van der Waals surface area contributed by atoms with Crippen molar-refractivity contribution in [2.24, 2.45) is 0 Å². The first-order valence-electron chi connectivity index (χ1n) is 6.17. The normalized spacial score (nSPS) is 10.8. The molecule has 6 heteroatoms. The summed E-state index contributed by atoms with van der Waals surface area (Å²) in [6.45, 7) is 1.82.